The summed E-state index contributed by atoms with van der Waals surface area (Å²) in [4.78, 5) is 47.4. The van der Waals surface area contributed by atoms with Crippen LogP contribution < -0.4 is 11.2 Å². The van der Waals surface area contributed by atoms with Crippen molar-refractivity contribution in [3.05, 3.63) is 62.4 Å². The Morgan fingerprint density at radius 1 is 1.00 bits per heavy atom. The monoisotopic (exact) mass is 300 g/mol. The van der Waals surface area contributed by atoms with Crippen molar-refractivity contribution in [1.82, 2.24) is 9.55 Å². The second kappa shape index (κ2) is 6.53. The summed E-state index contributed by atoms with van der Waals surface area (Å²) < 4.78 is 0.632. The van der Waals surface area contributed by atoms with Gasteiger partial charge in [-0.1, -0.05) is 18.2 Å². The maximum atomic E-state index is 11.8. The summed E-state index contributed by atoms with van der Waals surface area (Å²) in [5.41, 5.74) is -4.04. The van der Waals surface area contributed by atoms with E-state index in [2.05, 4.69) is 0 Å². The first-order valence-corrected chi connectivity index (χ1v) is 5.35. The number of aromatic amines is 1. The fourth-order valence-corrected chi connectivity index (χ4v) is 1.76. The number of nitrogens with one attached hydrogen (secondary N) is 1. The van der Waals surface area contributed by atoms with Gasteiger partial charge in [0.1, 0.15) is 0 Å². The molecule has 0 aliphatic rings. The second-order valence-electron chi connectivity index (χ2n) is 3.76. The van der Waals surface area contributed by atoms with Gasteiger partial charge >= 0.3 is 47.2 Å². The molecule has 8 nitrogen and oxygen atoms in total. The Labute approximate surface area is 139 Å². The Bertz CT molecular complexity index is 809. The number of rotatable bonds is 3. The van der Waals surface area contributed by atoms with Crippen LogP contribution in [0.3, 0.4) is 0 Å². The molecule has 0 fully saturated rings. The van der Waals surface area contributed by atoms with Gasteiger partial charge in [0, 0.05) is 0 Å². The molecule has 21 heavy (non-hydrogen) atoms. The van der Waals surface area contributed by atoms with Crippen molar-refractivity contribution in [2.75, 3.05) is 0 Å². The third kappa shape index (κ3) is 3.13. The molecule has 0 saturated heterocycles. The third-order valence-electron chi connectivity index (χ3n) is 2.54. The van der Waals surface area contributed by atoms with Crippen LogP contribution in [0.25, 0.3) is 5.69 Å². The van der Waals surface area contributed by atoms with Crippen LogP contribution in [-0.4, -0.2) is 61.3 Å². The van der Waals surface area contributed by atoms with E-state index in [1.54, 1.807) is 23.2 Å². The van der Waals surface area contributed by atoms with E-state index in [9.17, 15) is 19.2 Å². The average molecular weight is 300 g/mol. The predicted molar refractivity (Wildman–Crippen MR) is 73.7 cm³/mol. The zero-order valence-corrected chi connectivity index (χ0v) is 9.86. The number of carboxylic acid groups (broad SMARTS) is 2. The van der Waals surface area contributed by atoms with Gasteiger partial charge in [0.15, 0.2) is 11.3 Å². The molecule has 0 amide bonds. The fourth-order valence-electron chi connectivity index (χ4n) is 1.76. The normalized spacial score (nSPS) is 9.71. The van der Waals surface area contributed by atoms with Crippen LogP contribution in [0, 0.1) is 0 Å². The molecule has 1 heterocycles. The molecule has 3 N–H and O–H groups in total. The molecule has 0 spiro atoms. The topological polar surface area (TPSA) is 129 Å². The van der Waals surface area contributed by atoms with Crippen LogP contribution in [0.2, 0.25) is 0 Å². The van der Waals surface area contributed by atoms with Gasteiger partial charge in [-0.3, -0.25) is 14.3 Å². The van der Waals surface area contributed by atoms with Crippen molar-refractivity contribution < 1.29 is 19.8 Å². The number of para-hydroxylation sites is 1. The average Bonchev–Trinajstić information content (AvgIpc) is 2.38. The van der Waals surface area contributed by atoms with Gasteiger partial charge in [-0.05, 0) is 12.1 Å². The third-order valence-corrected chi connectivity index (χ3v) is 2.54. The summed E-state index contributed by atoms with van der Waals surface area (Å²) in [5.74, 6) is -3.41. The number of hydrogen-bond acceptors (Lipinski definition) is 4. The minimum atomic E-state index is -1.73. The van der Waals surface area contributed by atoms with Gasteiger partial charge < -0.3 is 10.2 Å². The maximum absolute atomic E-state index is 11.8. The molecule has 0 unspecified atom stereocenters. The molecule has 104 valence electrons. The van der Waals surface area contributed by atoms with Crippen LogP contribution in [0.1, 0.15) is 20.8 Å². The van der Waals surface area contributed by atoms with E-state index >= 15 is 0 Å². The molecular formula is C12H9N2NaO6. The van der Waals surface area contributed by atoms with E-state index in [0.717, 1.165) is 0 Å². The molecular weight excluding hydrogens is 291 g/mol. The Balaban J connectivity index is 0.00000220. The molecule has 9 heteroatoms. The summed E-state index contributed by atoms with van der Waals surface area (Å²) >= 11 is 0. The van der Waals surface area contributed by atoms with Crippen LogP contribution >= 0.6 is 0 Å². The number of carboxylic acids is 2. The molecule has 0 aliphatic carbocycles. The number of H-pyrrole nitrogens is 1. The molecule has 0 saturated carbocycles. The van der Waals surface area contributed by atoms with Crippen molar-refractivity contribution in [1.29, 1.82) is 0 Å². The van der Waals surface area contributed by atoms with Crippen molar-refractivity contribution in [2.24, 2.45) is 0 Å². The number of benzene rings is 1. The van der Waals surface area contributed by atoms with E-state index in [1.807, 2.05) is 0 Å². The Hall–Kier alpha value is -2.16. The Kier molecular flexibility index (Phi) is 5.25. The number of aromatic carboxylic acids is 2. The molecule has 2 aromatic rings. The van der Waals surface area contributed by atoms with Crippen LogP contribution in [-0.2, 0) is 0 Å². The second-order valence-corrected chi connectivity index (χ2v) is 3.76. The molecule has 1 aromatic heterocycles. The van der Waals surface area contributed by atoms with E-state index in [4.69, 9.17) is 10.2 Å². The Morgan fingerprint density at radius 3 is 2.05 bits per heavy atom. The number of aromatic nitrogens is 2. The van der Waals surface area contributed by atoms with Crippen LogP contribution in [0.5, 0.6) is 0 Å². The Morgan fingerprint density at radius 2 is 1.57 bits per heavy atom. The number of nitrogens with zero attached hydrogens (tertiary/aromatic N) is 1. The molecule has 0 atom stereocenters. The SMILES string of the molecule is O=C(O)c1c(C(=O)O)n(-c2ccccc2)c(=O)[nH]c1=O.[NaH]. The summed E-state index contributed by atoms with van der Waals surface area (Å²) in [6, 6.07) is 7.55. The van der Waals surface area contributed by atoms with Gasteiger partial charge in [0.2, 0.25) is 0 Å². The first-order valence-electron chi connectivity index (χ1n) is 5.35. The van der Waals surface area contributed by atoms with E-state index in [0.29, 0.717) is 4.57 Å². The summed E-state index contributed by atoms with van der Waals surface area (Å²) in [7, 11) is 0. The van der Waals surface area contributed by atoms with Crippen molar-refractivity contribution in [3.63, 3.8) is 0 Å². The van der Waals surface area contributed by atoms with Crippen molar-refractivity contribution in [3.8, 4) is 5.69 Å². The summed E-state index contributed by atoms with van der Waals surface area (Å²) in [5, 5.41) is 18.1. The zero-order chi connectivity index (χ0) is 14.9. The van der Waals surface area contributed by atoms with Gasteiger partial charge in [0.25, 0.3) is 5.56 Å². The molecule has 0 bridgehead atoms. The van der Waals surface area contributed by atoms with Crippen LogP contribution in [0.4, 0.5) is 0 Å². The summed E-state index contributed by atoms with van der Waals surface area (Å²) in [6.07, 6.45) is 0. The van der Waals surface area contributed by atoms with Gasteiger partial charge in [-0.25, -0.2) is 14.4 Å². The van der Waals surface area contributed by atoms with E-state index < -0.39 is 34.4 Å². The fraction of sp³-hybridized carbons (Fsp3) is 0. The molecule has 0 aliphatic heterocycles. The van der Waals surface area contributed by atoms with Crippen molar-refractivity contribution in [2.45, 2.75) is 0 Å². The predicted octanol–water partition coefficient (Wildman–Crippen LogP) is -0.726. The first-order chi connectivity index (χ1) is 9.43. The zero-order valence-electron chi connectivity index (χ0n) is 9.86. The minimum absolute atomic E-state index is 0. The van der Waals surface area contributed by atoms with Gasteiger partial charge in [0.05, 0.1) is 5.69 Å². The number of carbonyl (C=O) groups is 2. The number of hydrogen-bond donors (Lipinski definition) is 3. The van der Waals surface area contributed by atoms with E-state index in [-0.39, 0.29) is 35.2 Å². The molecule has 2 rings (SSSR count). The molecule has 0 radical (unpaired) electrons. The standard InChI is InChI=1S/C12H8N2O6.Na.H/c15-9-7(10(16)17)8(11(18)19)14(12(20)13-9)6-4-2-1-3-5-6;;/h1-5H,(H,16,17)(H,18,19)(H,13,15,20);;. The first kappa shape index (κ1) is 16.9. The van der Waals surface area contributed by atoms with Crippen LogP contribution in [0.15, 0.2) is 39.9 Å². The van der Waals surface area contributed by atoms with Crippen molar-refractivity contribution >= 4 is 41.5 Å². The quantitative estimate of drug-likeness (QED) is 0.641. The van der Waals surface area contributed by atoms with Gasteiger partial charge in [-0.2, -0.15) is 0 Å². The summed E-state index contributed by atoms with van der Waals surface area (Å²) in [6.45, 7) is 0. The van der Waals surface area contributed by atoms with E-state index in [1.165, 1.54) is 12.1 Å². The molecule has 1 aromatic carbocycles. The van der Waals surface area contributed by atoms with Gasteiger partial charge in [-0.15, -0.1) is 0 Å².